The normalized spacial score (nSPS) is 11.7. The molecule has 0 aliphatic rings. The van der Waals surface area contributed by atoms with Gasteiger partial charge in [-0.1, -0.05) is 15.9 Å². The van der Waals surface area contributed by atoms with Crippen molar-refractivity contribution in [2.24, 2.45) is 0 Å². The van der Waals surface area contributed by atoms with Crippen molar-refractivity contribution >= 4 is 15.9 Å². The van der Waals surface area contributed by atoms with Gasteiger partial charge in [-0.05, 0) is 0 Å². The Morgan fingerprint density at radius 1 is 1.42 bits per heavy atom. The van der Waals surface area contributed by atoms with E-state index in [1.54, 1.807) is 0 Å². The summed E-state index contributed by atoms with van der Waals surface area (Å²) in [4.78, 5) is 0. The Morgan fingerprint density at radius 3 is 2.42 bits per heavy atom. The number of hydrogen-bond acceptors (Lipinski definition) is 1. The predicted molar refractivity (Wildman–Crippen MR) is 38.1 cm³/mol. The van der Waals surface area contributed by atoms with Gasteiger partial charge in [-0.3, -0.25) is 0 Å². The lowest BCUT2D eigenvalue weighted by Gasteiger charge is -2.06. The Kier molecular flexibility index (Phi) is 2.27. The summed E-state index contributed by atoms with van der Waals surface area (Å²) in [5, 5.41) is 10.6. The Hall–Kier alpha value is -0.780. The summed E-state index contributed by atoms with van der Waals surface area (Å²) >= 11 is 2.84. The van der Waals surface area contributed by atoms with Crippen LogP contribution >= 0.6 is 15.9 Å². The molecule has 1 heterocycles. The SMILES string of the molecule is [O-][n+]1ccc(Br)cc1C(F)(F)F. The van der Waals surface area contributed by atoms with Crippen LogP contribution in [0.15, 0.2) is 22.8 Å². The maximum Gasteiger partial charge on any atom is 0.478 e. The van der Waals surface area contributed by atoms with E-state index in [4.69, 9.17) is 0 Å². The number of aromatic nitrogens is 1. The van der Waals surface area contributed by atoms with Crippen molar-refractivity contribution in [2.45, 2.75) is 6.18 Å². The monoisotopic (exact) mass is 241 g/mol. The first-order valence-corrected chi connectivity index (χ1v) is 3.66. The fourth-order valence-electron chi connectivity index (χ4n) is 0.668. The summed E-state index contributed by atoms with van der Waals surface area (Å²) in [6.45, 7) is 0. The molecule has 0 bridgehead atoms. The van der Waals surface area contributed by atoms with Gasteiger partial charge in [0.1, 0.15) is 0 Å². The Bertz CT molecular complexity index is 299. The number of pyridine rings is 1. The highest BCUT2D eigenvalue weighted by Gasteiger charge is 2.39. The summed E-state index contributed by atoms with van der Waals surface area (Å²) in [5.41, 5.74) is -1.23. The molecule has 1 aromatic rings. The van der Waals surface area contributed by atoms with E-state index in [0.29, 0.717) is 0 Å². The second-order valence-corrected chi connectivity index (χ2v) is 2.97. The first kappa shape index (κ1) is 9.31. The molecule has 0 amide bonds. The van der Waals surface area contributed by atoms with Gasteiger partial charge in [0.05, 0.1) is 0 Å². The zero-order chi connectivity index (χ0) is 9.35. The standard InChI is InChI=1S/C6H3BrF3NO/c7-4-1-2-11(12)5(3-4)6(8,9)10/h1-3H. The summed E-state index contributed by atoms with van der Waals surface area (Å²) in [6.07, 6.45) is -3.81. The summed E-state index contributed by atoms with van der Waals surface area (Å²) in [7, 11) is 0. The van der Waals surface area contributed by atoms with Gasteiger partial charge in [0.15, 0.2) is 6.20 Å². The van der Waals surface area contributed by atoms with E-state index >= 15 is 0 Å². The molecule has 0 N–H and O–H groups in total. The Morgan fingerprint density at radius 2 is 2.00 bits per heavy atom. The van der Waals surface area contributed by atoms with Crippen LogP contribution in [0, 0.1) is 5.21 Å². The number of hydrogen-bond donors (Lipinski definition) is 0. The van der Waals surface area contributed by atoms with Crippen molar-refractivity contribution in [3.8, 4) is 0 Å². The predicted octanol–water partition coefficient (Wildman–Crippen LogP) is 2.10. The molecule has 1 aromatic heterocycles. The minimum atomic E-state index is -4.61. The van der Waals surface area contributed by atoms with Gasteiger partial charge >= 0.3 is 6.18 Å². The molecular formula is C6H3BrF3NO. The molecular weight excluding hydrogens is 239 g/mol. The molecule has 0 saturated heterocycles. The molecule has 0 atom stereocenters. The highest BCUT2D eigenvalue weighted by atomic mass is 79.9. The molecule has 0 aliphatic carbocycles. The molecule has 0 radical (unpaired) electrons. The number of nitrogens with zero attached hydrogens (tertiary/aromatic N) is 1. The summed E-state index contributed by atoms with van der Waals surface area (Å²) in [5.74, 6) is 0. The first-order chi connectivity index (χ1) is 5.41. The third-order valence-electron chi connectivity index (χ3n) is 1.17. The third kappa shape index (κ3) is 1.88. The van der Waals surface area contributed by atoms with Crippen molar-refractivity contribution in [2.75, 3.05) is 0 Å². The van der Waals surface area contributed by atoms with E-state index in [-0.39, 0.29) is 9.20 Å². The van der Waals surface area contributed by atoms with Crippen molar-refractivity contribution < 1.29 is 17.9 Å². The van der Waals surface area contributed by atoms with Crippen LogP contribution in [0.5, 0.6) is 0 Å². The van der Waals surface area contributed by atoms with E-state index in [1.807, 2.05) is 0 Å². The van der Waals surface area contributed by atoms with Crippen LogP contribution in [-0.4, -0.2) is 0 Å². The molecule has 1 rings (SSSR count). The van der Waals surface area contributed by atoms with Crippen LogP contribution in [0.1, 0.15) is 5.69 Å². The molecule has 66 valence electrons. The van der Waals surface area contributed by atoms with Gasteiger partial charge in [0.25, 0.3) is 5.69 Å². The van der Waals surface area contributed by atoms with Gasteiger partial charge in [-0.15, -0.1) is 0 Å². The number of rotatable bonds is 0. The minimum absolute atomic E-state index is 0.218. The largest absolute Gasteiger partial charge is 0.618 e. The topological polar surface area (TPSA) is 26.9 Å². The van der Waals surface area contributed by atoms with Gasteiger partial charge in [0.2, 0.25) is 0 Å². The van der Waals surface area contributed by atoms with Gasteiger partial charge in [-0.25, -0.2) is 0 Å². The zero-order valence-electron chi connectivity index (χ0n) is 5.60. The van der Waals surface area contributed by atoms with Crippen LogP contribution in [-0.2, 0) is 6.18 Å². The van der Waals surface area contributed by atoms with Crippen molar-refractivity contribution in [3.05, 3.63) is 33.7 Å². The lowest BCUT2D eigenvalue weighted by atomic mass is 10.3. The average molecular weight is 242 g/mol. The fraction of sp³-hybridized carbons (Fsp3) is 0.167. The van der Waals surface area contributed by atoms with Gasteiger partial charge in [-0.2, -0.15) is 17.9 Å². The second-order valence-electron chi connectivity index (χ2n) is 2.05. The lowest BCUT2D eigenvalue weighted by Crippen LogP contribution is -2.36. The molecule has 12 heavy (non-hydrogen) atoms. The van der Waals surface area contributed by atoms with E-state index in [2.05, 4.69) is 15.9 Å². The maximum absolute atomic E-state index is 12.0. The third-order valence-corrected chi connectivity index (χ3v) is 1.66. The molecule has 0 saturated carbocycles. The highest BCUT2D eigenvalue weighted by Crippen LogP contribution is 2.27. The van der Waals surface area contributed by atoms with Crippen LogP contribution in [0.3, 0.4) is 0 Å². The highest BCUT2D eigenvalue weighted by molar-refractivity contribution is 9.10. The number of halogens is 4. The van der Waals surface area contributed by atoms with Crippen LogP contribution < -0.4 is 4.73 Å². The van der Waals surface area contributed by atoms with Crippen molar-refractivity contribution in [1.82, 2.24) is 0 Å². The first-order valence-electron chi connectivity index (χ1n) is 2.87. The smallest absolute Gasteiger partial charge is 0.478 e. The van der Waals surface area contributed by atoms with Crippen LogP contribution in [0.25, 0.3) is 0 Å². The maximum atomic E-state index is 12.0. The molecule has 0 aromatic carbocycles. The fourth-order valence-corrected chi connectivity index (χ4v) is 1.00. The van der Waals surface area contributed by atoms with E-state index in [9.17, 15) is 18.4 Å². The summed E-state index contributed by atoms with van der Waals surface area (Å²) in [6, 6.07) is 1.97. The minimum Gasteiger partial charge on any atom is -0.618 e. The van der Waals surface area contributed by atoms with Crippen LogP contribution in [0.4, 0.5) is 13.2 Å². The van der Waals surface area contributed by atoms with E-state index in [0.717, 1.165) is 12.3 Å². The quantitative estimate of drug-likeness (QED) is 0.505. The zero-order valence-corrected chi connectivity index (χ0v) is 7.19. The lowest BCUT2D eigenvalue weighted by molar-refractivity contribution is -0.629. The molecule has 0 aliphatic heterocycles. The van der Waals surface area contributed by atoms with E-state index in [1.165, 1.54) is 6.07 Å². The average Bonchev–Trinajstić information content (AvgIpc) is 1.92. The molecule has 0 fully saturated rings. The molecule has 2 nitrogen and oxygen atoms in total. The Balaban J connectivity index is 3.23. The van der Waals surface area contributed by atoms with E-state index < -0.39 is 11.9 Å². The van der Waals surface area contributed by atoms with Crippen molar-refractivity contribution in [1.29, 1.82) is 0 Å². The van der Waals surface area contributed by atoms with Gasteiger partial charge in [0, 0.05) is 16.6 Å². The summed E-state index contributed by atoms with van der Waals surface area (Å²) < 4.78 is 36.0. The van der Waals surface area contributed by atoms with Gasteiger partial charge < -0.3 is 5.21 Å². The molecule has 0 spiro atoms. The second kappa shape index (κ2) is 2.93. The molecule has 0 unspecified atom stereocenters. The van der Waals surface area contributed by atoms with Crippen molar-refractivity contribution in [3.63, 3.8) is 0 Å². The molecule has 6 heteroatoms. The Labute approximate surface area is 74.3 Å². The number of alkyl halides is 3. The van der Waals surface area contributed by atoms with Crippen LogP contribution in [0.2, 0.25) is 0 Å².